The standard InChI is InChI=1S/C24H40INO4SSi/c1-8-9-10-17-29-21(4)23(25)18-20(3)24(30-32(5,6)7)15-16-26-31(27,28)22-13-11-19(2)12-14-22/h8,11-14,18,20-21,24,26H,1,9-10,15-17H2,2-7H3/b23-18-/t20-,21?,24-/m0/s1. The Balaban J connectivity index is 2.77. The molecule has 0 heterocycles. The minimum atomic E-state index is -3.53. The van der Waals surface area contributed by atoms with E-state index in [1.807, 2.05) is 13.0 Å². The molecule has 0 radical (unpaired) electrons. The van der Waals surface area contributed by atoms with Gasteiger partial charge in [-0.15, -0.1) is 6.58 Å². The number of hydrogen-bond donors (Lipinski definition) is 1. The molecule has 8 heteroatoms. The van der Waals surface area contributed by atoms with Crippen molar-refractivity contribution in [2.75, 3.05) is 13.2 Å². The SMILES string of the molecule is C=CCCCOC(C)/C(I)=C/[C@H](C)[C@H](CCNS(=O)(=O)c1ccc(C)cc1)O[Si](C)(C)C. The lowest BCUT2D eigenvalue weighted by Crippen LogP contribution is -2.38. The van der Waals surface area contributed by atoms with Gasteiger partial charge in [0.2, 0.25) is 10.0 Å². The van der Waals surface area contributed by atoms with Crippen molar-refractivity contribution < 1.29 is 17.6 Å². The van der Waals surface area contributed by atoms with Crippen LogP contribution >= 0.6 is 22.6 Å². The molecule has 0 saturated carbocycles. The fraction of sp³-hybridized carbons (Fsp3) is 0.583. The molecule has 32 heavy (non-hydrogen) atoms. The van der Waals surface area contributed by atoms with E-state index < -0.39 is 18.3 Å². The highest BCUT2D eigenvalue weighted by Gasteiger charge is 2.26. The molecule has 1 N–H and O–H groups in total. The topological polar surface area (TPSA) is 64.6 Å². The Morgan fingerprint density at radius 3 is 2.41 bits per heavy atom. The number of unbranched alkanes of at least 4 members (excludes halogenated alkanes) is 1. The third-order valence-corrected chi connectivity index (χ3v) is 8.60. The molecule has 1 unspecified atom stereocenters. The lowest BCUT2D eigenvalue weighted by Gasteiger charge is -2.30. The largest absolute Gasteiger partial charge is 0.414 e. The zero-order valence-electron chi connectivity index (χ0n) is 20.4. The van der Waals surface area contributed by atoms with Crippen LogP contribution in [0.25, 0.3) is 0 Å². The van der Waals surface area contributed by atoms with Crippen LogP contribution in [0.4, 0.5) is 0 Å². The van der Waals surface area contributed by atoms with Crippen LogP contribution in [0.3, 0.4) is 0 Å². The van der Waals surface area contributed by atoms with Crippen LogP contribution in [0.5, 0.6) is 0 Å². The number of benzene rings is 1. The van der Waals surface area contributed by atoms with Crippen LogP contribution in [0, 0.1) is 12.8 Å². The second-order valence-corrected chi connectivity index (χ2v) is 16.6. The molecule has 3 atom stereocenters. The van der Waals surface area contributed by atoms with Crippen molar-refractivity contribution in [2.24, 2.45) is 5.92 Å². The van der Waals surface area contributed by atoms with E-state index in [-0.39, 0.29) is 23.0 Å². The summed E-state index contributed by atoms with van der Waals surface area (Å²) < 4.78 is 41.5. The van der Waals surface area contributed by atoms with Crippen molar-refractivity contribution in [3.63, 3.8) is 0 Å². The molecule has 1 aromatic carbocycles. The van der Waals surface area contributed by atoms with E-state index in [0.29, 0.717) is 19.6 Å². The number of nitrogens with one attached hydrogen (secondary N) is 1. The summed E-state index contributed by atoms with van der Waals surface area (Å²) in [6.07, 6.45) is 6.57. The maximum Gasteiger partial charge on any atom is 0.240 e. The third kappa shape index (κ3) is 11.6. The predicted octanol–water partition coefficient (Wildman–Crippen LogP) is 6.21. The fourth-order valence-corrected chi connectivity index (χ4v) is 6.12. The highest BCUT2D eigenvalue weighted by Crippen LogP contribution is 2.24. The first-order valence-electron chi connectivity index (χ1n) is 11.2. The Morgan fingerprint density at radius 1 is 1.22 bits per heavy atom. The molecule has 182 valence electrons. The summed E-state index contributed by atoms with van der Waals surface area (Å²) in [5, 5.41) is 0. The van der Waals surface area contributed by atoms with Crippen molar-refractivity contribution in [1.29, 1.82) is 0 Å². The second kappa shape index (κ2) is 14.0. The second-order valence-electron chi connectivity index (χ2n) is 9.12. The van der Waals surface area contributed by atoms with Crippen molar-refractivity contribution in [3.05, 3.63) is 52.1 Å². The van der Waals surface area contributed by atoms with Gasteiger partial charge in [-0.05, 0) is 87.5 Å². The summed E-state index contributed by atoms with van der Waals surface area (Å²) in [5.41, 5.74) is 1.03. The molecular weight excluding hydrogens is 553 g/mol. The summed E-state index contributed by atoms with van der Waals surface area (Å²) >= 11 is 2.34. The first-order chi connectivity index (χ1) is 14.9. The lowest BCUT2D eigenvalue weighted by molar-refractivity contribution is 0.0934. The highest BCUT2D eigenvalue weighted by molar-refractivity contribution is 14.1. The lowest BCUT2D eigenvalue weighted by atomic mass is 10.0. The van der Waals surface area contributed by atoms with E-state index in [9.17, 15) is 8.42 Å². The molecule has 0 fully saturated rings. The number of sulfonamides is 1. The van der Waals surface area contributed by atoms with E-state index in [2.05, 4.69) is 73.5 Å². The predicted molar refractivity (Wildman–Crippen MR) is 145 cm³/mol. The number of aryl methyl sites for hydroxylation is 1. The van der Waals surface area contributed by atoms with Crippen LogP contribution in [0.15, 0.2) is 51.5 Å². The van der Waals surface area contributed by atoms with E-state index in [1.165, 1.54) is 0 Å². The number of hydrogen-bond acceptors (Lipinski definition) is 4. The van der Waals surface area contributed by atoms with Gasteiger partial charge in [0.15, 0.2) is 8.32 Å². The van der Waals surface area contributed by atoms with Gasteiger partial charge >= 0.3 is 0 Å². The van der Waals surface area contributed by atoms with Crippen LogP contribution in [0.1, 0.15) is 38.7 Å². The summed E-state index contributed by atoms with van der Waals surface area (Å²) in [6, 6.07) is 6.89. The van der Waals surface area contributed by atoms with E-state index >= 15 is 0 Å². The first kappa shape index (κ1) is 29.5. The van der Waals surface area contributed by atoms with Crippen molar-refractivity contribution in [3.8, 4) is 0 Å². The average Bonchev–Trinajstić information content (AvgIpc) is 2.69. The minimum Gasteiger partial charge on any atom is -0.414 e. The maximum absolute atomic E-state index is 12.6. The molecule has 1 rings (SSSR count). The average molecular weight is 594 g/mol. The molecule has 0 amide bonds. The molecule has 1 aromatic rings. The summed E-state index contributed by atoms with van der Waals surface area (Å²) in [4.78, 5) is 0.288. The molecule has 0 spiro atoms. The molecular formula is C24H40INO4SSi. The van der Waals surface area contributed by atoms with Gasteiger partial charge in [0, 0.05) is 22.6 Å². The van der Waals surface area contributed by atoms with Gasteiger partial charge in [-0.3, -0.25) is 0 Å². The third-order valence-electron chi connectivity index (χ3n) is 4.87. The maximum atomic E-state index is 12.6. The number of ether oxygens (including phenoxy) is 1. The van der Waals surface area contributed by atoms with Gasteiger partial charge in [-0.2, -0.15) is 0 Å². The Kier molecular flexibility index (Phi) is 12.9. The van der Waals surface area contributed by atoms with Crippen LogP contribution in [-0.2, 0) is 19.2 Å². The van der Waals surface area contributed by atoms with E-state index in [1.54, 1.807) is 24.3 Å². The van der Waals surface area contributed by atoms with Gasteiger partial charge in [0.05, 0.1) is 17.1 Å². The summed E-state index contributed by atoms with van der Waals surface area (Å²) in [6.45, 7) is 17.4. The highest BCUT2D eigenvalue weighted by atomic mass is 127. The Morgan fingerprint density at radius 2 is 1.84 bits per heavy atom. The normalized spacial score (nSPS) is 15.9. The monoisotopic (exact) mass is 593 g/mol. The molecule has 0 saturated heterocycles. The summed E-state index contributed by atoms with van der Waals surface area (Å²) in [5.74, 6) is 0.136. The van der Waals surface area contributed by atoms with Crippen LogP contribution < -0.4 is 4.72 Å². The molecule has 5 nitrogen and oxygen atoms in total. The number of halogens is 1. The zero-order valence-corrected chi connectivity index (χ0v) is 24.3. The number of allylic oxidation sites excluding steroid dienone is 1. The van der Waals surface area contributed by atoms with Gasteiger partial charge in [-0.1, -0.05) is 36.8 Å². The smallest absolute Gasteiger partial charge is 0.240 e. The van der Waals surface area contributed by atoms with Crippen LogP contribution in [-0.4, -0.2) is 42.1 Å². The molecule has 0 aliphatic heterocycles. The number of rotatable bonds is 15. The molecule has 0 aliphatic rings. The van der Waals surface area contributed by atoms with Gasteiger partial charge in [0.25, 0.3) is 0 Å². The van der Waals surface area contributed by atoms with Crippen molar-refractivity contribution in [2.45, 2.75) is 76.8 Å². The quantitative estimate of drug-likeness (QED) is 0.114. The Labute approximate surface area is 210 Å². The Bertz CT molecular complexity index is 835. The van der Waals surface area contributed by atoms with Crippen molar-refractivity contribution in [1.82, 2.24) is 4.72 Å². The van der Waals surface area contributed by atoms with Crippen LogP contribution in [0.2, 0.25) is 19.6 Å². The minimum absolute atomic E-state index is 0.0236. The molecule has 0 aromatic heterocycles. The fourth-order valence-electron chi connectivity index (χ4n) is 3.08. The summed E-state index contributed by atoms with van der Waals surface area (Å²) in [7, 11) is -5.34. The van der Waals surface area contributed by atoms with E-state index in [0.717, 1.165) is 22.0 Å². The van der Waals surface area contributed by atoms with Gasteiger partial charge < -0.3 is 9.16 Å². The molecule has 0 bridgehead atoms. The van der Waals surface area contributed by atoms with Gasteiger partial charge in [-0.25, -0.2) is 13.1 Å². The van der Waals surface area contributed by atoms with Crippen molar-refractivity contribution >= 4 is 40.9 Å². The van der Waals surface area contributed by atoms with E-state index in [4.69, 9.17) is 9.16 Å². The molecule has 0 aliphatic carbocycles. The first-order valence-corrected chi connectivity index (χ1v) is 17.2. The Hall–Kier alpha value is -0.523. The van der Waals surface area contributed by atoms with Gasteiger partial charge in [0.1, 0.15) is 0 Å². The zero-order chi connectivity index (χ0) is 24.4.